The van der Waals surface area contributed by atoms with Crippen LogP contribution >= 0.6 is 34.8 Å². The molecule has 2 heterocycles. The highest BCUT2D eigenvalue weighted by Gasteiger charge is 2.13. The molecule has 0 atom stereocenters. The molecule has 2 aromatic heterocycles. The molecule has 3 nitrogen and oxygen atoms in total. The highest BCUT2D eigenvalue weighted by Crippen LogP contribution is 2.32. The molecule has 0 bridgehead atoms. The number of aryl methyl sites for hydroxylation is 1. The number of benzene rings is 2. The zero-order valence-corrected chi connectivity index (χ0v) is 14.3. The van der Waals surface area contributed by atoms with Gasteiger partial charge in [0.1, 0.15) is 11.0 Å². The molecule has 0 saturated heterocycles. The average Bonchev–Trinajstić information content (AvgIpc) is 2.90. The second-order valence-corrected chi connectivity index (χ2v) is 6.56. The third-order valence-electron chi connectivity index (χ3n) is 3.70. The van der Waals surface area contributed by atoms with Crippen LogP contribution < -0.4 is 0 Å². The Bertz CT molecular complexity index is 1030. The maximum atomic E-state index is 6.34. The molecule has 0 aliphatic rings. The van der Waals surface area contributed by atoms with E-state index in [4.69, 9.17) is 34.8 Å². The summed E-state index contributed by atoms with van der Waals surface area (Å²) in [6.45, 7) is 2.04. The molecule has 0 unspecified atom stereocenters. The van der Waals surface area contributed by atoms with Crippen molar-refractivity contribution in [2.24, 2.45) is 0 Å². The van der Waals surface area contributed by atoms with Gasteiger partial charge in [-0.2, -0.15) is 0 Å². The second-order valence-electron chi connectivity index (χ2n) is 5.39. The first kappa shape index (κ1) is 14.8. The van der Waals surface area contributed by atoms with Crippen molar-refractivity contribution in [1.29, 1.82) is 0 Å². The SMILES string of the molecule is Cc1ccc2nc(Cl)c(-c3nc4cc(Cl)c(Cl)cc4[nH]3)cc2c1. The number of aromatic amines is 1. The number of aromatic nitrogens is 3. The van der Waals surface area contributed by atoms with Gasteiger partial charge in [0.15, 0.2) is 0 Å². The predicted octanol–water partition coefficient (Wildman–Crippen LogP) is 6.05. The van der Waals surface area contributed by atoms with Gasteiger partial charge in [-0.25, -0.2) is 9.97 Å². The Balaban J connectivity index is 1.95. The lowest BCUT2D eigenvalue weighted by atomic mass is 10.1. The number of hydrogen-bond acceptors (Lipinski definition) is 2. The van der Waals surface area contributed by atoms with Gasteiger partial charge in [0, 0.05) is 5.39 Å². The number of rotatable bonds is 1. The average molecular weight is 363 g/mol. The Morgan fingerprint density at radius 1 is 0.870 bits per heavy atom. The molecule has 1 N–H and O–H groups in total. The van der Waals surface area contributed by atoms with Crippen molar-refractivity contribution >= 4 is 56.7 Å². The van der Waals surface area contributed by atoms with Crippen molar-refractivity contribution in [1.82, 2.24) is 15.0 Å². The van der Waals surface area contributed by atoms with Crippen LogP contribution in [0.15, 0.2) is 36.4 Å². The van der Waals surface area contributed by atoms with Gasteiger partial charge in [-0.3, -0.25) is 0 Å². The van der Waals surface area contributed by atoms with Gasteiger partial charge in [0.2, 0.25) is 0 Å². The van der Waals surface area contributed by atoms with E-state index in [0.29, 0.717) is 21.0 Å². The van der Waals surface area contributed by atoms with Gasteiger partial charge in [-0.15, -0.1) is 0 Å². The Morgan fingerprint density at radius 3 is 2.48 bits per heavy atom. The van der Waals surface area contributed by atoms with E-state index in [1.807, 2.05) is 25.1 Å². The smallest absolute Gasteiger partial charge is 0.141 e. The van der Waals surface area contributed by atoms with Gasteiger partial charge < -0.3 is 4.98 Å². The first-order valence-corrected chi connectivity index (χ1v) is 8.07. The molecule has 4 rings (SSSR count). The number of nitrogens with zero attached hydrogens (tertiary/aromatic N) is 2. The van der Waals surface area contributed by atoms with E-state index in [1.165, 1.54) is 0 Å². The number of hydrogen-bond donors (Lipinski definition) is 1. The fourth-order valence-electron chi connectivity index (χ4n) is 2.57. The fourth-order valence-corrected chi connectivity index (χ4v) is 3.13. The molecular formula is C17H10Cl3N3. The zero-order chi connectivity index (χ0) is 16.1. The first-order valence-electron chi connectivity index (χ1n) is 6.93. The summed E-state index contributed by atoms with van der Waals surface area (Å²) in [4.78, 5) is 12.2. The minimum absolute atomic E-state index is 0.401. The van der Waals surface area contributed by atoms with Gasteiger partial charge >= 0.3 is 0 Å². The summed E-state index contributed by atoms with van der Waals surface area (Å²) in [6.07, 6.45) is 0. The number of imidazole rings is 1. The van der Waals surface area contributed by atoms with Crippen LogP contribution in [0.2, 0.25) is 15.2 Å². The van der Waals surface area contributed by atoms with Crippen LogP contribution in [0.1, 0.15) is 5.56 Å². The summed E-state index contributed by atoms with van der Waals surface area (Å²) in [5, 5.41) is 2.36. The van der Waals surface area contributed by atoms with Gasteiger partial charge in [0.05, 0.1) is 32.2 Å². The number of nitrogens with one attached hydrogen (secondary N) is 1. The summed E-state index contributed by atoms with van der Waals surface area (Å²) in [6, 6.07) is 11.5. The Labute approximate surface area is 147 Å². The van der Waals surface area contributed by atoms with Gasteiger partial charge in [0.25, 0.3) is 0 Å². The summed E-state index contributed by atoms with van der Waals surface area (Å²) < 4.78 is 0. The maximum Gasteiger partial charge on any atom is 0.141 e. The summed E-state index contributed by atoms with van der Waals surface area (Å²) in [7, 11) is 0. The highest BCUT2D eigenvalue weighted by atomic mass is 35.5. The van der Waals surface area contributed by atoms with Crippen molar-refractivity contribution < 1.29 is 0 Å². The Hall–Kier alpha value is -1.81. The third-order valence-corrected chi connectivity index (χ3v) is 4.71. The number of H-pyrrole nitrogens is 1. The minimum atomic E-state index is 0.401. The van der Waals surface area contributed by atoms with E-state index >= 15 is 0 Å². The molecular weight excluding hydrogens is 353 g/mol. The zero-order valence-electron chi connectivity index (χ0n) is 12.0. The standard InChI is InChI=1S/C17H10Cl3N3/c1-8-2-3-13-9(4-8)5-10(16(20)21-13)17-22-14-6-11(18)12(19)7-15(14)23-17/h2-7H,1H3,(H,22,23). The summed E-state index contributed by atoms with van der Waals surface area (Å²) in [5.41, 5.74) is 4.29. The fraction of sp³-hybridized carbons (Fsp3) is 0.0588. The lowest BCUT2D eigenvalue weighted by molar-refractivity contribution is 1.30. The van der Waals surface area contributed by atoms with Crippen LogP contribution in [-0.4, -0.2) is 15.0 Å². The van der Waals surface area contributed by atoms with Crippen LogP contribution in [0, 0.1) is 6.92 Å². The molecule has 0 aliphatic carbocycles. The van der Waals surface area contributed by atoms with E-state index < -0.39 is 0 Å². The number of halogens is 3. The molecule has 0 amide bonds. The molecule has 114 valence electrons. The molecule has 0 radical (unpaired) electrons. The van der Waals surface area contributed by atoms with Crippen molar-refractivity contribution in [3.63, 3.8) is 0 Å². The van der Waals surface area contributed by atoms with E-state index in [2.05, 4.69) is 21.0 Å². The van der Waals surface area contributed by atoms with Crippen LogP contribution in [-0.2, 0) is 0 Å². The van der Waals surface area contributed by atoms with E-state index in [9.17, 15) is 0 Å². The van der Waals surface area contributed by atoms with E-state index in [-0.39, 0.29) is 0 Å². The third kappa shape index (κ3) is 2.55. The molecule has 0 aliphatic heterocycles. The second kappa shape index (κ2) is 5.38. The van der Waals surface area contributed by atoms with Crippen molar-refractivity contribution in [2.75, 3.05) is 0 Å². The molecule has 2 aromatic carbocycles. The van der Waals surface area contributed by atoms with Gasteiger partial charge in [-0.1, -0.05) is 46.4 Å². The van der Waals surface area contributed by atoms with Crippen LogP contribution in [0.4, 0.5) is 0 Å². The minimum Gasteiger partial charge on any atom is -0.338 e. The van der Waals surface area contributed by atoms with Crippen LogP contribution in [0.25, 0.3) is 33.3 Å². The van der Waals surface area contributed by atoms with Crippen molar-refractivity contribution in [2.45, 2.75) is 6.92 Å². The summed E-state index contributed by atoms with van der Waals surface area (Å²) >= 11 is 18.4. The van der Waals surface area contributed by atoms with Crippen molar-refractivity contribution in [3.05, 3.63) is 57.2 Å². The highest BCUT2D eigenvalue weighted by molar-refractivity contribution is 6.42. The van der Waals surface area contributed by atoms with Crippen LogP contribution in [0.5, 0.6) is 0 Å². The van der Waals surface area contributed by atoms with Crippen molar-refractivity contribution in [3.8, 4) is 11.4 Å². The molecule has 0 fully saturated rings. The van der Waals surface area contributed by atoms with Gasteiger partial charge in [-0.05, 0) is 37.3 Å². The number of fused-ring (bicyclic) bond motifs is 2. The predicted molar refractivity (Wildman–Crippen MR) is 96.6 cm³/mol. The Morgan fingerprint density at radius 2 is 1.65 bits per heavy atom. The maximum absolute atomic E-state index is 6.34. The molecule has 0 saturated carbocycles. The lowest BCUT2D eigenvalue weighted by Gasteiger charge is -2.04. The molecule has 4 aromatic rings. The summed E-state index contributed by atoms with van der Waals surface area (Å²) in [5.74, 6) is 0.638. The topological polar surface area (TPSA) is 41.6 Å². The normalized spacial score (nSPS) is 11.5. The Kier molecular flexibility index (Phi) is 3.45. The quantitative estimate of drug-likeness (QED) is 0.419. The molecule has 6 heteroatoms. The molecule has 0 spiro atoms. The lowest BCUT2D eigenvalue weighted by Crippen LogP contribution is -1.88. The van der Waals surface area contributed by atoms with Crippen LogP contribution in [0.3, 0.4) is 0 Å². The monoisotopic (exact) mass is 361 g/mol. The molecule has 23 heavy (non-hydrogen) atoms. The number of pyridine rings is 1. The first-order chi connectivity index (χ1) is 11.0. The largest absolute Gasteiger partial charge is 0.338 e. The van der Waals surface area contributed by atoms with E-state index in [1.54, 1.807) is 12.1 Å². The van der Waals surface area contributed by atoms with E-state index in [0.717, 1.165) is 33.1 Å².